The van der Waals surface area contributed by atoms with E-state index in [0.29, 0.717) is 17.8 Å². The van der Waals surface area contributed by atoms with Crippen molar-refractivity contribution in [3.8, 4) is 33.8 Å². The van der Waals surface area contributed by atoms with Crippen LogP contribution >= 0.6 is 0 Å². The summed E-state index contributed by atoms with van der Waals surface area (Å²) in [6, 6.07) is 11.9. The number of carbonyl (C=O) groups excluding carboxylic acids is 1. The minimum atomic E-state index is -0.0291. The Kier molecular flexibility index (Phi) is 5.65. The van der Waals surface area contributed by atoms with E-state index in [1.54, 1.807) is 31.0 Å². The predicted molar refractivity (Wildman–Crippen MR) is 144 cm³/mol. The Morgan fingerprint density at radius 3 is 2.62 bits per heavy atom. The van der Waals surface area contributed by atoms with E-state index in [1.807, 2.05) is 50.4 Å². The fourth-order valence-electron chi connectivity index (χ4n) is 4.43. The second-order valence-electron chi connectivity index (χ2n) is 9.35. The fraction of sp³-hybridized carbons (Fsp3) is 0.143. The van der Waals surface area contributed by atoms with Crippen molar-refractivity contribution in [2.45, 2.75) is 20.3 Å². The molecule has 9 heteroatoms. The van der Waals surface area contributed by atoms with Crippen LogP contribution in [0.25, 0.3) is 55.7 Å². The molecule has 182 valence electrons. The standard InChI is InChI=1S/C28H24N8O/c1-16(2)8-25(37)33-20-9-18(13-30-15-20)19-10-22-27(35-36-28(22)32-14-19)24-11-21-23(34-24)5-7-31-26(21)17-4-3-6-29-12-17/h3-7,9-16,34H,8H2,1-2H3,(H,33,37)(H,32,35,36). The summed E-state index contributed by atoms with van der Waals surface area (Å²) in [5.74, 6) is 0.252. The van der Waals surface area contributed by atoms with Crippen LogP contribution in [-0.2, 0) is 4.79 Å². The molecule has 0 aromatic carbocycles. The smallest absolute Gasteiger partial charge is 0.224 e. The van der Waals surface area contributed by atoms with E-state index in [-0.39, 0.29) is 11.8 Å². The number of hydrogen-bond acceptors (Lipinski definition) is 6. The first-order valence-electron chi connectivity index (χ1n) is 12.0. The van der Waals surface area contributed by atoms with Gasteiger partial charge in [-0.2, -0.15) is 5.10 Å². The Bertz CT molecular complexity index is 1740. The van der Waals surface area contributed by atoms with Gasteiger partial charge in [0.05, 0.1) is 29.0 Å². The van der Waals surface area contributed by atoms with E-state index in [4.69, 9.17) is 0 Å². The van der Waals surface area contributed by atoms with Crippen molar-refractivity contribution in [2.24, 2.45) is 5.92 Å². The lowest BCUT2D eigenvalue weighted by Crippen LogP contribution is -2.13. The number of anilines is 1. The first-order chi connectivity index (χ1) is 18.0. The van der Waals surface area contributed by atoms with Crippen LogP contribution < -0.4 is 5.32 Å². The third kappa shape index (κ3) is 4.42. The molecule has 3 N–H and O–H groups in total. The highest BCUT2D eigenvalue weighted by Gasteiger charge is 2.16. The van der Waals surface area contributed by atoms with Gasteiger partial charge in [-0.25, -0.2) is 4.98 Å². The minimum Gasteiger partial charge on any atom is -0.353 e. The third-order valence-corrected chi connectivity index (χ3v) is 6.11. The fourth-order valence-corrected chi connectivity index (χ4v) is 4.43. The van der Waals surface area contributed by atoms with E-state index >= 15 is 0 Å². The first kappa shape index (κ1) is 22.5. The van der Waals surface area contributed by atoms with E-state index in [0.717, 1.165) is 50.1 Å². The zero-order valence-corrected chi connectivity index (χ0v) is 20.4. The maximum atomic E-state index is 12.2. The van der Waals surface area contributed by atoms with Gasteiger partial charge in [-0.3, -0.25) is 24.8 Å². The van der Waals surface area contributed by atoms with E-state index in [9.17, 15) is 4.79 Å². The molecule has 6 aromatic heterocycles. The van der Waals surface area contributed by atoms with Gasteiger partial charge in [0.15, 0.2) is 5.65 Å². The molecule has 0 aliphatic heterocycles. The van der Waals surface area contributed by atoms with Crippen LogP contribution in [0.5, 0.6) is 0 Å². The molecule has 0 fully saturated rings. The molecule has 0 aliphatic rings. The van der Waals surface area contributed by atoms with Crippen molar-refractivity contribution in [3.05, 3.63) is 73.6 Å². The maximum Gasteiger partial charge on any atom is 0.224 e. The van der Waals surface area contributed by atoms with Crippen molar-refractivity contribution >= 4 is 33.5 Å². The zero-order chi connectivity index (χ0) is 25.4. The molecule has 0 saturated heterocycles. The number of pyridine rings is 4. The minimum absolute atomic E-state index is 0.0291. The average molecular weight is 489 g/mol. The second kappa shape index (κ2) is 9.27. The summed E-state index contributed by atoms with van der Waals surface area (Å²) in [4.78, 5) is 33.4. The molecular weight excluding hydrogens is 464 g/mol. The quantitative estimate of drug-likeness (QED) is 0.280. The van der Waals surface area contributed by atoms with Crippen molar-refractivity contribution in [2.75, 3.05) is 5.32 Å². The SMILES string of the molecule is CC(C)CC(=O)Nc1cncc(-c2cnc3n[nH]c(-c4cc5c(-c6cccnc6)nccc5[nH]4)c3c2)c1. The average Bonchev–Trinajstić information content (AvgIpc) is 3.52. The number of nitrogens with one attached hydrogen (secondary N) is 3. The van der Waals surface area contributed by atoms with Gasteiger partial charge in [-0.15, -0.1) is 0 Å². The highest BCUT2D eigenvalue weighted by molar-refractivity contribution is 6.00. The van der Waals surface area contributed by atoms with Crippen molar-refractivity contribution in [3.63, 3.8) is 0 Å². The molecule has 0 spiro atoms. The number of fused-ring (bicyclic) bond motifs is 2. The number of aromatic amines is 2. The predicted octanol–water partition coefficient (Wildman–Crippen LogP) is 5.61. The molecule has 0 atom stereocenters. The maximum absolute atomic E-state index is 12.2. The van der Waals surface area contributed by atoms with E-state index < -0.39 is 0 Å². The van der Waals surface area contributed by atoms with Crippen LogP contribution in [-0.4, -0.2) is 41.0 Å². The summed E-state index contributed by atoms with van der Waals surface area (Å²) in [5, 5.41) is 12.3. The highest BCUT2D eigenvalue weighted by Crippen LogP contribution is 2.33. The van der Waals surface area contributed by atoms with Crippen LogP contribution in [0.3, 0.4) is 0 Å². The zero-order valence-electron chi connectivity index (χ0n) is 20.4. The van der Waals surface area contributed by atoms with Crippen LogP contribution in [0.2, 0.25) is 0 Å². The Morgan fingerprint density at radius 1 is 0.919 bits per heavy atom. The second-order valence-corrected chi connectivity index (χ2v) is 9.35. The van der Waals surface area contributed by atoms with Crippen LogP contribution in [0.1, 0.15) is 20.3 Å². The number of nitrogens with zero attached hydrogens (tertiary/aromatic N) is 5. The van der Waals surface area contributed by atoms with E-state index in [2.05, 4.69) is 46.5 Å². The molecule has 1 amide bonds. The Labute approximate surface area is 212 Å². The van der Waals surface area contributed by atoms with Crippen LogP contribution in [0.4, 0.5) is 5.69 Å². The molecule has 0 aliphatic carbocycles. The molecule has 9 nitrogen and oxygen atoms in total. The number of amides is 1. The first-order valence-corrected chi connectivity index (χ1v) is 12.0. The van der Waals surface area contributed by atoms with Gasteiger partial charge in [0.25, 0.3) is 0 Å². The number of rotatable bonds is 6. The van der Waals surface area contributed by atoms with Gasteiger partial charge in [0, 0.05) is 70.4 Å². The normalized spacial score (nSPS) is 11.4. The molecule has 37 heavy (non-hydrogen) atoms. The summed E-state index contributed by atoms with van der Waals surface area (Å²) in [7, 11) is 0. The van der Waals surface area contributed by atoms with Gasteiger partial charge in [0.1, 0.15) is 0 Å². The van der Waals surface area contributed by atoms with Gasteiger partial charge in [-0.1, -0.05) is 13.8 Å². The number of H-pyrrole nitrogens is 2. The monoisotopic (exact) mass is 488 g/mol. The lowest BCUT2D eigenvalue weighted by Gasteiger charge is -2.08. The molecule has 0 saturated carbocycles. The lowest BCUT2D eigenvalue weighted by molar-refractivity contribution is -0.116. The largest absolute Gasteiger partial charge is 0.353 e. The Balaban J connectivity index is 1.38. The molecule has 0 bridgehead atoms. The van der Waals surface area contributed by atoms with Gasteiger partial charge in [0.2, 0.25) is 5.91 Å². The van der Waals surface area contributed by atoms with Crippen molar-refractivity contribution in [1.82, 2.24) is 35.1 Å². The highest BCUT2D eigenvalue weighted by atomic mass is 16.1. The summed E-state index contributed by atoms with van der Waals surface area (Å²) in [6.45, 7) is 4.03. The number of hydrogen-bond donors (Lipinski definition) is 3. The van der Waals surface area contributed by atoms with Gasteiger partial charge >= 0.3 is 0 Å². The van der Waals surface area contributed by atoms with Crippen LogP contribution in [0.15, 0.2) is 73.6 Å². The molecule has 6 heterocycles. The molecule has 0 unspecified atom stereocenters. The lowest BCUT2D eigenvalue weighted by atomic mass is 10.1. The topological polar surface area (TPSA) is 125 Å². The molecular formula is C28H24N8O. The molecule has 6 aromatic rings. The Hall–Kier alpha value is -4.92. The summed E-state index contributed by atoms with van der Waals surface area (Å²) in [6.07, 6.45) is 11.0. The summed E-state index contributed by atoms with van der Waals surface area (Å²) in [5.41, 5.74) is 7.46. The van der Waals surface area contributed by atoms with Crippen molar-refractivity contribution in [1.29, 1.82) is 0 Å². The number of carbonyl (C=O) groups is 1. The summed E-state index contributed by atoms with van der Waals surface area (Å²) >= 11 is 0. The third-order valence-electron chi connectivity index (χ3n) is 6.11. The van der Waals surface area contributed by atoms with Gasteiger partial charge in [-0.05, 0) is 42.3 Å². The van der Waals surface area contributed by atoms with E-state index in [1.165, 1.54) is 0 Å². The Morgan fingerprint density at radius 2 is 1.78 bits per heavy atom. The molecule has 6 rings (SSSR count). The molecule has 0 radical (unpaired) electrons. The van der Waals surface area contributed by atoms with Gasteiger partial charge < -0.3 is 10.3 Å². The number of aromatic nitrogens is 7. The van der Waals surface area contributed by atoms with Crippen LogP contribution in [0, 0.1) is 5.92 Å². The summed E-state index contributed by atoms with van der Waals surface area (Å²) < 4.78 is 0. The van der Waals surface area contributed by atoms with Crippen molar-refractivity contribution < 1.29 is 4.79 Å².